The zero-order chi connectivity index (χ0) is 17.6. The Morgan fingerprint density at radius 2 is 1.52 bits per heavy atom. The number of hydrogen-bond donors (Lipinski definition) is 0. The number of hydrogen-bond acceptors (Lipinski definition) is 5. The van der Waals surface area contributed by atoms with Gasteiger partial charge in [0.15, 0.2) is 0 Å². The van der Waals surface area contributed by atoms with Crippen molar-refractivity contribution in [2.75, 3.05) is 0 Å². The number of carbonyl (C=O) groups excluding carboxylic acids is 3. The first-order valence-electron chi connectivity index (χ1n) is 7.92. The Kier molecular flexibility index (Phi) is 5.09. The summed E-state index contributed by atoms with van der Waals surface area (Å²) in [6.45, 7) is 0.301. The van der Waals surface area contributed by atoms with Gasteiger partial charge in [0.05, 0.1) is 0 Å². The molecule has 128 valence electrons. The summed E-state index contributed by atoms with van der Waals surface area (Å²) in [4.78, 5) is 35.6. The van der Waals surface area contributed by atoms with Gasteiger partial charge < -0.3 is 9.47 Å². The van der Waals surface area contributed by atoms with Crippen LogP contribution in [-0.2, 0) is 27.5 Å². The first kappa shape index (κ1) is 16.7. The zero-order valence-corrected chi connectivity index (χ0v) is 13.5. The molecule has 0 bridgehead atoms. The van der Waals surface area contributed by atoms with Crippen molar-refractivity contribution in [1.29, 1.82) is 0 Å². The summed E-state index contributed by atoms with van der Waals surface area (Å²) in [5.41, 5.74) is 1.67. The third kappa shape index (κ3) is 4.03. The molecule has 0 unspecified atom stereocenters. The van der Waals surface area contributed by atoms with Crippen LogP contribution >= 0.6 is 0 Å². The first-order chi connectivity index (χ1) is 12.1. The van der Waals surface area contributed by atoms with Gasteiger partial charge in [-0.2, -0.15) is 4.90 Å². The molecule has 2 aromatic rings. The van der Waals surface area contributed by atoms with E-state index in [9.17, 15) is 14.4 Å². The Morgan fingerprint density at radius 3 is 2.24 bits per heavy atom. The molecule has 0 spiro atoms. The van der Waals surface area contributed by atoms with Gasteiger partial charge in [-0.15, -0.1) is 0 Å². The van der Waals surface area contributed by atoms with E-state index < -0.39 is 17.9 Å². The number of likely N-dealkylation sites (tertiary alicyclic amines) is 1. The number of carbonyl (C=O) groups is 3. The Bertz CT molecular complexity index is 771. The van der Waals surface area contributed by atoms with Crippen molar-refractivity contribution in [3.63, 3.8) is 0 Å². The van der Waals surface area contributed by atoms with Crippen LogP contribution in [0.15, 0.2) is 54.6 Å². The lowest BCUT2D eigenvalue weighted by Crippen LogP contribution is -2.35. The molecule has 1 aliphatic heterocycles. The van der Waals surface area contributed by atoms with Gasteiger partial charge in [-0.3, -0.25) is 9.59 Å². The zero-order valence-electron chi connectivity index (χ0n) is 13.5. The van der Waals surface area contributed by atoms with Crippen LogP contribution in [0.25, 0.3) is 0 Å². The summed E-state index contributed by atoms with van der Waals surface area (Å²) in [6, 6.07) is 16.8. The average Bonchev–Trinajstić information content (AvgIpc) is 2.98. The molecular weight excluding hydrogens is 322 g/mol. The first-order valence-corrected chi connectivity index (χ1v) is 7.92. The van der Waals surface area contributed by atoms with Crippen molar-refractivity contribution in [1.82, 2.24) is 4.90 Å². The molecule has 3 rings (SSSR count). The van der Waals surface area contributed by atoms with Crippen LogP contribution in [0.1, 0.15) is 24.0 Å². The summed E-state index contributed by atoms with van der Waals surface area (Å²) in [6.07, 6.45) is -0.847. The molecule has 0 atom stereocenters. The molecule has 1 heterocycles. The molecule has 1 saturated heterocycles. The molecular formula is C19H17NO5. The van der Waals surface area contributed by atoms with Crippen molar-refractivity contribution < 1.29 is 23.9 Å². The molecule has 0 aliphatic carbocycles. The Balaban J connectivity index is 1.62. The monoisotopic (exact) mass is 339 g/mol. The number of amides is 3. The van der Waals surface area contributed by atoms with Gasteiger partial charge in [0, 0.05) is 18.4 Å². The van der Waals surface area contributed by atoms with Crippen LogP contribution in [0.4, 0.5) is 4.79 Å². The van der Waals surface area contributed by atoms with Crippen LogP contribution in [0, 0.1) is 0 Å². The highest BCUT2D eigenvalue weighted by Crippen LogP contribution is 2.21. The van der Waals surface area contributed by atoms with E-state index >= 15 is 0 Å². The normalized spacial score (nSPS) is 13.8. The van der Waals surface area contributed by atoms with E-state index in [1.807, 2.05) is 36.4 Å². The number of imide groups is 3. The highest BCUT2D eigenvalue weighted by molar-refractivity contribution is 6.13. The minimum absolute atomic E-state index is 0.0463. The van der Waals surface area contributed by atoms with Gasteiger partial charge in [0.25, 0.3) is 0 Å². The molecule has 2 aromatic carbocycles. The molecule has 1 fully saturated rings. The second kappa shape index (κ2) is 7.61. The molecule has 0 aromatic heterocycles. The Hall–Kier alpha value is -3.15. The van der Waals surface area contributed by atoms with E-state index in [4.69, 9.17) is 9.47 Å². The fraction of sp³-hybridized carbons (Fsp3) is 0.211. The van der Waals surface area contributed by atoms with E-state index in [-0.39, 0.29) is 19.4 Å². The van der Waals surface area contributed by atoms with E-state index in [1.54, 1.807) is 18.2 Å². The number of nitrogens with zero attached hydrogens (tertiary/aromatic N) is 1. The van der Waals surface area contributed by atoms with Crippen LogP contribution in [0.3, 0.4) is 0 Å². The molecule has 25 heavy (non-hydrogen) atoms. The van der Waals surface area contributed by atoms with Crippen LogP contribution in [-0.4, -0.2) is 22.8 Å². The third-order valence-corrected chi connectivity index (χ3v) is 3.80. The van der Waals surface area contributed by atoms with Crippen LogP contribution in [0.2, 0.25) is 0 Å². The quantitative estimate of drug-likeness (QED) is 0.783. The van der Waals surface area contributed by atoms with E-state index in [2.05, 4.69) is 0 Å². The van der Waals surface area contributed by atoms with E-state index in [0.29, 0.717) is 22.8 Å². The molecule has 0 radical (unpaired) electrons. The van der Waals surface area contributed by atoms with Crippen molar-refractivity contribution in [2.45, 2.75) is 26.1 Å². The van der Waals surface area contributed by atoms with Crippen LogP contribution < -0.4 is 4.74 Å². The fourth-order valence-corrected chi connectivity index (χ4v) is 2.48. The SMILES string of the molecule is O=C1CCC(=O)N1C(=O)OCc1ccccc1OCc1ccccc1. The molecule has 0 saturated carbocycles. The third-order valence-electron chi connectivity index (χ3n) is 3.80. The van der Waals surface area contributed by atoms with Gasteiger partial charge >= 0.3 is 6.09 Å². The van der Waals surface area contributed by atoms with Gasteiger partial charge in [0.1, 0.15) is 19.0 Å². The standard InChI is InChI=1S/C19H17NO5/c21-17-10-11-18(22)20(17)19(23)25-13-15-8-4-5-9-16(15)24-12-14-6-2-1-3-7-14/h1-9H,10-13H2. The highest BCUT2D eigenvalue weighted by atomic mass is 16.6. The lowest BCUT2D eigenvalue weighted by Gasteiger charge is -2.14. The summed E-state index contributed by atoms with van der Waals surface area (Å²) < 4.78 is 10.9. The van der Waals surface area contributed by atoms with Crippen molar-refractivity contribution in [3.8, 4) is 5.75 Å². The summed E-state index contributed by atoms with van der Waals surface area (Å²) in [5.74, 6) is -0.467. The molecule has 3 amide bonds. The maximum atomic E-state index is 12.0. The molecule has 6 heteroatoms. The predicted molar refractivity (Wildman–Crippen MR) is 88.5 cm³/mol. The predicted octanol–water partition coefficient (Wildman–Crippen LogP) is 3.05. The molecule has 1 aliphatic rings. The minimum Gasteiger partial charge on any atom is -0.488 e. The van der Waals surface area contributed by atoms with E-state index in [0.717, 1.165) is 5.56 Å². The van der Waals surface area contributed by atoms with Crippen molar-refractivity contribution >= 4 is 17.9 Å². The number of rotatable bonds is 5. The topological polar surface area (TPSA) is 72.9 Å². The lowest BCUT2D eigenvalue weighted by molar-refractivity contribution is -0.136. The van der Waals surface area contributed by atoms with Crippen LogP contribution in [0.5, 0.6) is 5.75 Å². The summed E-state index contributed by atoms with van der Waals surface area (Å²) in [5, 5.41) is 0. The Morgan fingerprint density at radius 1 is 0.880 bits per heavy atom. The molecule has 6 nitrogen and oxygen atoms in total. The number of benzene rings is 2. The van der Waals surface area contributed by atoms with Gasteiger partial charge in [-0.05, 0) is 11.6 Å². The Labute approximate surface area is 145 Å². The summed E-state index contributed by atoms with van der Waals surface area (Å²) >= 11 is 0. The smallest absolute Gasteiger partial charge is 0.423 e. The minimum atomic E-state index is -0.939. The van der Waals surface area contributed by atoms with E-state index in [1.165, 1.54) is 0 Å². The molecule has 0 N–H and O–H groups in total. The largest absolute Gasteiger partial charge is 0.488 e. The van der Waals surface area contributed by atoms with Crippen molar-refractivity contribution in [3.05, 3.63) is 65.7 Å². The maximum absolute atomic E-state index is 12.0. The lowest BCUT2D eigenvalue weighted by atomic mass is 10.2. The van der Waals surface area contributed by atoms with Gasteiger partial charge in [-0.25, -0.2) is 4.79 Å². The highest BCUT2D eigenvalue weighted by Gasteiger charge is 2.35. The maximum Gasteiger partial charge on any atom is 0.423 e. The fourth-order valence-electron chi connectivity index (χ4n) is 2.48. The van der Waals surface area contributed by atoms with Gasteiger partial charge in [0.2, 0.25) is 11.8 Å². The second-order valence-electron chi connectivity index (χ2n) is 5.56. The summed E-state index contributed by atoms with van der Waals surface area (Å²) in [7, 11) is 0. The number of para-hydroxylation sites is 1. The second-order valence-corrected chi connectivity index (χ2v) is 5.56. The van der Waals surface area contributed by atoms with Gasteiger partial charge in [-0.1, -0.05) is 48.5 Å². The van der Waals surface area contributed by atoms with Crippen molar-refractivity contribution in [2.24, 2.45) is 0 Å². The number of ether oxygens (including phenoxy) is 2. The average molecular weight is 339 g/mol.